The van der Waals surface area contributed by atoms with Crippen LogP contribution in [0, 0.1) is 0 Å². The van der Waals surface area contributed by atoms with Gasteiger partial charge in [0.05, 0.1) is 29.0 Å². The molecule has 0 saturated carbocycles. The molecule has 0 unspecified atom stereocenters. The van der Waals surface area contributed by atoms with Crippen molar-refractivity contribution in [2.45, 2.75) is 19.9 Å². The molecule has 5 nitrogen and oxygen atoms in total. The fourth-order valence-corrected chi connectivity index (χ4v) is 2.33. The van der Waals surface area contributed by atoms with Crippen LogP contribution < -0.4 is 5.32 Å². The summed E-state index contributed by atoms with van der Waals surface area (Å²) in [6.45, 7) is 4.12. The quantitative estimate of drug-likeness (QED) is 0.942. The number of hydrogen-bond donors (Lipinski definition) is 1. The van der Waals surface area contributed by atoms with E-state index in [4.69, 9.17) is 11.6 Å². The van der Waals surface area contributed by atoms with Crippen LogP contribution in [0.5, 0.6) is 0 Å². The van der Waals surface area contributed by atoms with Crippen LogP contribution >= 0.6 is 23.3 Å². The molecule has 1 heterocycles. The van der Waals surface area contributed by atoms with E-state index in [0.717, 1.165) is 17.2 Å². The third kappa shape index (κ3) is 2.96. The SMILES string of the molecule is CC(C)N(C)C(=O)CNc1c(Cl)ccc2nsnc12. The summed E-state index contributed by atoms with van der Waals surface area (Å²) >= 11 is 7.26. The first kappa shape index (κ1) is 14.0. The number of fused-ring (bicyclic) bond motifs is 1. The molecule has 2 aromatic rings. The molecule has 1 aromatic heterocycles. The molecule has 0 atom stereocenters. The fraction of sp³-hybridized carbons (Fsp3) is 0.417. The molecule has 2 rings (SSSR count). The average molecular weight is 299 g/mol. The number of hydrogen-bond acceptors (Lipinski definition) is 5. The highest BCUT2D eigenvalue weighted by Gasteiger charge is 2.14. The van der Waals surface area contributed by atoms with Gasteiger partial charge in [0.1, 0.15) is 11.0 Å². The Morgan fingerprint density at radius 2 is 2.21 bits per heavy atom. The summed E-state index contributed by atoms with van der Waals surface area (Å²) in [5, 5.41) is 3.60. The molecule has 1 N–H and O–H groups in total. The van der Waals surface area contributed by atoms with Gasteiger partial charge >= 0.3 is 0 Å². The second-order valence-electron chi connectivity index (χ2n) is 4.51. The van der Waals surface area contributed by atoms with Crippen LogP contribution in [0.1, 0.15) is 13.8 Å². The Labute approximate surface area is 120 Å². The lowest BCUT2D eigenvalue weighted by Crippen LogP contribution is -2.37. The maximum Gasteiger partial charge on any atom is 0.241 e. The van der Waals surface area contributed by atoms with E-state index in [1.54, 1.807) is 18.0 Å². The van der Waals surface area contributed by atoms with Crippen LogP contribution in [-0.4, -0.2) is 39.2 Å². The lowest BCUT2D eigenvalue weighted by atomic mass is 10.2. The van der Waals surface area contributed by atoms with Gasteiger partial charge in [0.2, 0.25) is 5.91 Å². The van der Waals surface area contributed by atoms with Gasteiger partial charge in [-0.05, 0) is 26.0 Å². The predicted octanol–water partition coefficient (Wildman–Crippen LogP) is 2.62. The molecular formula is C12H15ClN4OS. The Morgan fingerprint density at radius 1 is 1.47 bits per heavy atom. The summed E-state index contributed by atoms with van der Waals surface area (Å²) < 4.78 is 8.34. The minimum atomic E-state index is 0.00579. The molecule has 0 aliphatic rings. The van der Waals surface area contributed by atoms with E-state index in [2.05, 4.69) is 14.1 Å². The fourth-order valence-electron chi connectivity index (χ4n) is 1.57. The first-order valence-corrected chi connectivity index (χ1v) is 7.02. The predicted molar refractivity (Wildman–Crippen MR) is 78.8 cm³/mol. The molecule has 0 aliphatic heterocycles. The summed E-state index contributed by atoms with van der Waals surface area (Å²) in [4.78, 5) is 13.6. The zero-order chi connectivity index (χ0) is 14.0. The number of halogens is 1. The minimum absolute atomic E-state index is 0.00579. The molecule has 0 fully saturated rings. The van der Waals surface area contributed by atoms with E-state index >= 15 is 0 Å². The number of carbonyl (C=O) groups excluding carboxylic acids is 1. The Bertz CT molecular complexity index is 598. The van der Waals surface area contributed by atoms with Crippen molar-refractivity contribution in [2.24, 2.45) is 0 Å². The van der Waals surface area contributed by atoms with Crippen molar-refractivity contribution < 1.29 is 4.79 Å². The number of amides is 1. The lowest BCUT2D eigenvalue weighted by Gasteiger charge is -2.22. The molecular weight excluding hydrogens is 284 g/mol. The van der Waals surface area contributed by atoms with Crippen LogP contribution in [0.15, 0.2) is 12.1 Å². The van der Waals surface area contributed by atoms with Gasteiger partial charge in [0.15, 0.2) is 0 Å². The Hall–Kier alpha value is -1.40. The third-order valence-corrected chi connectivity index (χ3v) is 3.82. The molecule has 7 heteroatoms. The lowest BCUT2D eigenvalue weighted by molar-refractivity contribution is -0.129. The topological polar surface area (TPSA) is 58.1 Å². The number of aromatic nitrogens is 2. The number of carbonyl (C=O) groups is 1. The molecule has 0 bridgehead atoms. The van der Waals surface area contributed by atoms with Crippen molar-refractivity contribution >= 4 is 46.0 Å². The summed E-state index contributed by atoms with van der Waals surface area (Å²) in [7, 11) is 1.78. The molecule has 0 saturated heterocycles. The van der Waals surface area contributed by atoms with Crippen LogP contribution in [0.25, 0.3) is 11.0 Å². The van der Waals surface area contributed by atoms with Crippen LogP contribution in [0.3, 0.4) is 0 Å². The van der Waals surface area contributed by atoms with Gasteiger partial charge in [0, 0.05) is 13.1 Å². The van der Waals surface area contributed by atoms with Crippen molar-refractivity contribution in [1.82, 2.24) is 13.6 Å². The van der Waals surface area contributed by atoms with Crippen molar-refractivity contribution in [3.8, 4) is 0 Å². The average Bonchev–Trinajstić information content (AvgIpc) is 2.84. The zero-order valence-electron chi connectivity index (χ0n) is 11.0. The summed E-state index contributed by atoms with van der Waals surface area (Å²) in [5.74, 6) is 0.00579. The highest BCUT2D eigenvalue weighted by molar-refractivity contribution is 7.00. The van der Waals surface area contributed by atoms with Gasteiger partial charge in [-0.1, -0.05) is 11.6 Å². The Morgan fingerprint density at radius 3 is 2.89 bits per heavy atom. The molecule has 1 amide bonds. The van der Waals surface area contributed by atoms with E-state index in [0.29, 0.717) is 16.2 Å². The number of nitrogens with one attached hydrogen (secondary N) is 1. The molecule has 0 spiro atoms. The van der Waals surface area contributed by atoms with Crippen molar-refractivity contribution in [1.29, 1.82) is 0 Å². The highest BCUT2D eigenvalue weighted by atomic mass is 35.5. The summed E-state index contributed by atoms with van der Waals surface area (Å²) in [6.07, 6.45) is 0. The van der Waals surface area contributed by atoms with Crippen molar-refractivity contribution in [3.63, 3.8) is 0 Å². The molecule has 0 aliphatic carbocycles. The van der Waals surface area contributed by atoms with Crippen molar-refractivity contribution in [2.75, 3.05) is 18.9 Å². The van der Waals surface area contributed by atoms with E-state index in [1.165, 1.54) is 0 Å². The summed E-state index contributed by atoms with van der Waals surface area (Å²) in [6, 6.07) is 3.74. The highest BCUT2D eigenvalue weighted by Crippen LogP contribution is 2.29. The third-order valence-electron chi connectivity index (χ3n) is 2.96. The van der Waals surface area contributed by atoms with Crippen LogP contribution in [0.4, 0.5) is 5.69 Å². The van der Waals surface area contributed by atoms with E-state index in [9.17, 15) is 4.79 Å². The van der Waals surface area contributed by atoms with Crippen LogP contribution in [-0.2, 0) is 4.79 Å². The minimum Gasteiger partial charge on any atom is -0.373 e. The maximum atomic E-state index is 11.9. The molecule has 0 radical (unpaired) electrons. The van der Waals surface area contributed by atoms with E-state index in [-0.39, 0.29) is 18.5 Å². The van der Waals surface area contributed by atoms with Gasteiger partial charge in [-0.15, -0.1) is 0 Å². The molecule has 1 aromatic carbocycles. The van der Waals surface area contributed by atoms with Crippen molar-refractivity contribution in [3.05, 3.63) is 17.2 Å². The number of nitrogens with zero attached hydrogens (tertiary/aromatic N) is 3. The monoisotopic (exact) mass is 298 g/mol. The van der Waals surface area contributed by atoms with Gasteiger partial charge in [0.25, 0.3) is 0 Å². The standard InChI is InChI=1S/C12H15ClN4OS/c1-7(2)17(3)10(18)6-14-11-8(13)4-5-9-12(11)16-19-15-9/h4-5,7,14H,6H2,1-3H3. The van der Waals surface area contributed by atoms with Gasteiger partial charge in [-0.2, -0.15) is 8.75 Å². The van der Waals surface area contributed by atoms with E-state index < -0.39 is 0 Å². The Balaban J connectivity index is 2.16. The van der Waals surface area contributed by atoms with Gasteiger partial charge < -0.3 is 10.2 Å². The zero-order valence-corrected chi connectivity index (χ0v) is 12.5. The molecule has 19 heavy (non-hydrogen) atoms. The Kier molecular flexibility index (Phi) is 4.21. The van der Waals surface area contributed by atoms with Gasteiger partial charge in [-0.25, -0.2) is 0 Å². The van der Waals surface area contributed by atoms with Crippen LogP contribution in [0.2, 0.25) is 5.02 Å². The maximum absolute atomic E-state index is 11.9. The summed E-state index contributed by atoms with van der Waals surface area (Å²) in [5.41, 5.74) is 2.15. The molecule has 102 valence electrons. The second kappa shape index (κ2) is 5.71. The number of rotatable bonds is 4. The van der Waals surface area contributed by atoms with E-state index in [1.807, 2.05) is 19.9 Å². The number of benzene rings is 1. The number of anilines is 1. The first-order valence-electron chi connectivity index (χ1n) is 5.91. The van der Waals surface area contributed by atoms with Gasteiger partial charge in [-0.3, -0.25) is 4.79 Å². The largest absolute Gasteiger partial charge is 0.373 e. The first-order chi connectivity index (χ1) is 9.00. The smallest absolute Gasteiger partial charge is 0.241 e. The number of likely N-dealkylation sites (N-methyl/N-ethyl adjacent to an activating group) is 1. The second-order valence-corrected chi connectivity index (χ2v) is 5.44. The normalized spacial score (nSPS) is 11.0.